The highest BCUT2D eigenvalue weighted by Crippen LogP contribution is 2.31. The maximum absolute atomic E-state index is 14.0. The predicted octanol–water partition coefficient (Wildman–Crippen LogP) is 4.83. The lowest BCUT2D eigenvalue weighted by Crippen LogP contribution is -2.45. The van der Waals surface area contributed by atoms with Crippen molar-refractivity contribution in [1.29, 1.82) is 0 Å². The number of piperidine rings is 1. The number of nitrogens with one attached hydrogen (secondary N) is 1. The van der Waals surface area contributed by atoms with E-state index in [4.69, 9.17) is 24.6 Å². The van der Waals surface area contributed by atoms with E-state index in [9.17, 15) is 26.7 Å². The van der Waals surface area contributed by atoms with E-state index in [0.717, 1.165) is 55.0 Å². The number of anilines is 2. The summed E-state index contributed by atoms with van der Waals surface area (Å²) in [5, 5.41) is 10.6. The maximum atomic E-state index is 14.0. The van der Waals surface area contributed by atoms with Gasteiger partial charge in [-0.2, -0.15) is 13.2 Å². The number of amides is 2. The van der Waals surface area contributed by atoms with Gasteiger partial charge in [0.15, 0.2) is 23.2 Å². The Morgan fingerprint density at radius 1 is 1.00 bits per heavy atom. The van der Waals surface area contributed by atoms with Gasteiger partial charge >= 0.3 is 18.2 Å². The molecule has 10 nitrogen and oxygen atoms in total. The summed E-state index contributed by atoms with van der Waals surface area (Å²) in [4.78, 5) is 37.8. The van der Waals surface area contributed by atoms with Crippen LogP contribution in [0.3, 0.4) is 0 Å². The van der Waals surface area contributed by atoms with Crippen LogP contribution < -0.4 is 15.0 Å². The van der Waals surface area contributed by atoms with Crippen LogP contribution >= 0.6 is 0 Å². The Morgan fingerprint density at radius 3 is 2.23 bits per heavy atom. The van der Waals surface area contributed by atoms with E-state index in [1.807, 2.05) is 9.80 Å². The monoisotopic (exact) mass is 614 g/mol. The first-order valence-corrected chi connectivity index (χ1v) is 14.2. The van der Waals surface area contributed by atoms with Gasteiger partial charge in [0.2, 0.25) is 0 Å². The standard InChI is InChI=1S/C26H34F2N6O2.C2HF3O2/c1-17(2)29-24-25(32-12-7-19(8-13-32)36-23-6-5-18(27)15-20(23)28)31-21-9-14-34(16-22(21)30-24)26(35)33-10-3-4-11-33;3-2(4,5)1(6)7/h5-6,15,17,19H,3-4,7-14,16H2,1-2H3,(H,29,30);(H,6,7). The summed E-state index contributed by atoms with van der Waals surface area (Å²) in [6, 6.07) is 3.66. The van der Waals surface area contributed by atoms with Crippen LogP contribution in [0.4, 0.5) is 38.4 Å². The molecule has 4 heterocycles. The van der Waals surface area contributed by atoms with Crippen molar-refractivity contribution in [2.75, 3.05) is 42.9 Å². The fourth-order valence-electron chi connectivity index (χ4n) is 5.12. The number of alkyl halides is 3. The Morgan fingerprint density at radius 2 is 1.65 bits per heavy atom. The smallest absolute Gasteiger partial charge is 0.487 e. The zero-order valence-corrected chi connectivity index (χ0v) is 24.0. The minimum Gasteiger partial charge on any atom is -0.487 e. The van der Waals surface area contributed by atoms with Crippen molar-refractivity contribution in [2.45, 2.75) is 70.8 Å². The summed E-state index contributed by atoms with van der Waals surface area (Å²) in [6.07, 6.45) is -1.03. The van der Waals surface area contributed by atoms with Crippen LogP contribution in [0.5, 0.6) is 5.75 Å². The molecule has 0 radical (unpaired) electrons. The summed E-state index contributed by atoms with van der Waals surface area (Å²) in [5.41, 5.74) is 1.79. The van der Waals surface area contributed by atoms with Crippen LogP contribution in [-0.2, 0) is 17.8 Å². The molecule has 0 unspecified atom stereocenters. The van der Waals surface area contributed by atoms with Crippen LogP contribution in [0, 0.1) is 11.6 Å². The molecule has 3 aliphatic rings. The van der Waals surface area contributed by atoms with Crippen LogP contribution in [0.25, 0.3) is 0 Å². The number of carbonyl (C=O) groups is 2. The molecule has 2 N–H and O–H groups in total. The molecule has 1 aromatic carbocycles. The molecule has 0 bridgehead atoms. The lowest BCUT2D eigenvalue weighted by molar-refractivity contribution is -0.192. The summed E-state index contributed by atoms with van der Waals surface area (Å²) in [7, 11) is 0. The van der Waals surface area contributed by atoms with E-state index in [-0.39, 0.29) is 23.9 Å². The fraction of sp³-hybridized carbons (Fsp3) is 0.571. The van der Waals surface area contributed by atoms with Crippen molar-refractivity contribution >= 4 is 23.6 Å². The van der Waals surface area contributed by atoms with E-state index < -0.39 is 23.8 Å². The van der Waals surface area contributed by atoms with E-state index >= 15 is 0 Å². The number of nitrogens with zero attached hydrogens (tertiary/aromatic N) is 5. The zero-order chi connectivity index (χ0) is 31.3. The quantitative estimate of drug-likeness (QED) is 0.461. The van der Waals surface area contributed by atoms with Gasteiger partial charge in [0.05, 0.1) is 17.9 Å². The third-order valence-corrected chi connectivity index (χ3v) is 7.24. The van der Waals surface area contributed by atoms with Gasteiger partial charge in [0.1, 0.15) is 11.9 Å². The number of aromatic nitrogens is 2. The van der Waals surface area contributed by atoms with Crippen LogP contribution in [0.1, 0.15) is 50.9 Å². The number of ether oxygens (including phenoxy) is 1. The van der Waals surface area contributed by atoms with E-state index in [2.05, 4.69) is 24.1 Å². The SMILES string of the molecule is CC(C)Nc1nc2c(nc1N1CCC(Oc3ccc(F)cc3F)CC1)CCN(C(=O)N1CCCC1)C2.O=C(O)C(F)(F)F. The van der Waals surface area contributed by atoms with Crippen molar-refractivity contribution in [3.8, 4) is 5.75 Å². The molecular formula is C28H35F5N6O4. The van der Waals surface area contributed by atoms with Crippen molar-refractivity contribution in [3.05, 3.63) is 41.2 Å². The molecule has 2 fully saturated rings. The first-order valence-electron chi connectivity index (χ1n) is 14.2. The summed E-state index contributed by atoms with van der Waals surface area (Å²) in [5.74, 6) is -2.43. The van der Waals surface area contributed by atoms with Crippen LogP contribution in [0.15, 0.2) is 18.2 Å². The molecule has 236 valence electrons. The second kappa shape index (κ2) is 13.6. The number of hydrogen-bond donors (Lipinski definition) is 2. The highest BCUT2D eigenvalue weighted by Gasteiger charge is 2.38. The number of carboxylic acid groups (broad SMARTS) is 1. The first kappa shape index (κ1) is 32.0. The molecule has 2 saturated heterocycles. The summed E-state index contributed by atoms with van der Waals surface area (Å²) >= 11 is 0. The summed E-state index contributed by atoms with van der Waals surface area (Å²) < 4.78 is 64.8. The van der Waals surface area contributed by atoms with E-state index in [0.29, 0.717) is 45.4 Å². The Labute approximate surface area is 245 Å². The Bertz CT molecular complexity index is 1300. The second-order valence-corrected chi connectivity index (χ2v) is 10.9. The zero-order valence-electron chi connectivity index (χ0n) is 24.0. The number of fused-ring (bicyclic) bond motifs is 1. The Kier molecular flexibility index (Phi) is 10.1. The van der Waals surface area contributed by atoms with Gasteiger partial charge in [0, 0.05) is 64.1 Å². The van der Waals surface area contributed by atoms with Gasteiger partial charge in [-0.25, -0.2) is 28.3 Å². The Balaban J connectivity index is 0.000000541. The minimum atomic E-state index is -5.08. The van der Waals surface area contributed by atoms with Crippen molar-refractivity contribution < 1.29 is 41.4 Å². The molecule has 0 aliphatic carbocycles. The highest BCUT2D eigenvalue weighted by atomic mass is 19.4. The number of benzene rings is 1. The van der Waals surface area contributed by atoms with Gasteiger partial charge in [-0.1, -0.05) is 0 Å². The lowest BCUT2D eigenvalue weighted by atomic mass is 10.1. The van der Waals surface area contributed by atoms with Crippen molar-refractivity contribution in [1.82, 2.24) is 19.8 Å². The third kappa shape index (κ3) is 8.35. The molecule has 1 aromatic heterocycles. The second-order valence-electron chi connectivity index (χ2n) is 10.9. The first-order chi connectivity index (χ1) is 20.3. The van der Waals surface area contributed by atoms with E-state index in [1.165, 1.54) is 12.1 Å². The number of aliphatic carboxylic acids is 1. The normalized spacial score (nSPS) is 17.3. The number of likely N-dealkylation sites (tertiary alicyclic amines) is 1. The average molecular weight is 615 g/mol. The van der Waals surface area contributed by atoms with E-state index in [1.54, 1.807) is 0 Å². The molecule has 43 heavy (non-hydrogen) atoms. The van der Waals surface area contributed by atoms with Gasteiger partial charge in [-0.3, -0.25) is 0 Å². The molecule has 2 amide bonds. The number of rotatable bonds is 5. The van der Waals surface area contributed by atoms with Crippen LogP contribution in [-0.4, -0.2) is 87.9 Å². The number of carboxylic acids is 1. The fourth-order valence-corrected chi connectivity index (χ4v) is 5.12. The average Bonchev–Trinajstić information content (AvgIpc) is 3.49. The molecular weight excluding hydrogens is 579 g/mol. The molecule has 0 spiro atoms. The molecule has 15 heteroatoms. The van der Waals surface area contributed by atoms with Gasteiger partial charge < -0.3 is 29.9 Å². The molecule has 3 aliphatic heterocycles. The molecule has 5 rings (SSSR count). The van der Waals surface area contributed by atoms with Gasteiger partial charge in [0.25, 0.3) is 0 Å². The number of hydrogen-bond acceptors (Lipinski definition) is 7. The van der Waals surface area contributed by atoms with Crippen molar-refractivity contribution in [2.24, 2.45) is 0 Å². The molecule has 2 aromatic rings. The number of halogens is 5. The Hall–Kier alpha value is -3.91. The highest BCUT2D eigenvalue weighted by molar-refractivity contribution is 5.75. The van der Waals surface area contributed by atoms with Crippen molar-refractivity contribution in [3.63, 3.8) is 0 Å². The predicted molar refractivity (Wildman–Crippen MR) is 147 cm³/mol. The third-order valence-electron chi connectivity index (χ3n) is 7.24. The number of carbonyl (C=O) groups excluding carboxylic acids is 1. The maximum Gasteiger partial charge on any atom is 0.490 e. The molecule has 0 saturated carbocycles. The van der Waals surface area contributed by atoms with Gasteiger partial charge in [-0.15, -0.1) is 0 Å². The largest absolute Gasteiger partial charge is 0.490 e. The molecule has 0 atom stereocenters. The minimum absolute atomic E-state index is 0.0821. The van der Waals surface area contributed by atoms with Crippen LogP contribution in [0.2, 0.25) is 0 Å². The van der Waals surface area contributed by atoms with Gasteiger partial charge in [-0.05, 0) is 38.8 Å². The lowest BCUT2D eigenvalue weighted by Gasteiger charge is -2.36. The topological polar surface area (TPSA) is 111 Å². The number of urea groups is 1. The summed E-state index contributed by atoms with van der Waals surface area (Å²) in [6.45, 7) is 8.29.